The lowest BCUT2D eigenvalue weighted by Gasteiger charge is -2.14. The minimum atomic E-state index is -0.559. The number of carbonyl (C=O) groups is 2. The maximum atomic E-state index is 12.1. The SMILES string of the molecule is NCCCN1Cc2cccc(C(N)=O)c2C1=O. The fourth-order valence-electron chi connectivity index (χ4n) is 2.09. The van der Waals surface area contributed by atoms with Gasteiger partial charge < -0.3 is 16.4 Å². The first-order chi connectivity index (χ1) is 8.15. The van der Waals surface area contributed by atoms with Gasteiger partial charge >= 0.3 is 0 Å². The molecule has 0 unspecified atom stereocenters. The zero-order valence-corrected chi connectivity index (χ0v) is 9.48. The van der Waals surface area contributed by atoms with E-state index in [9.17, 15) is 9.59 Å². The Morgan fingerprint density at radius 2 is 2.18 bits per heavy atom. The minimum absolute atomic E-state index is 0.122. The smallest absolute Gasteiger partial charge is 0.255 e. The second-order valence-corrected chi connectivity index (χ2v) is 4.07. The Hall–Kier alpha value is -1.88. The molecule has 90 valence electrons. The van der Waals surface area contributed by atoms with E-state index < -0.39 is 5.91 Å². The fraction of sp³-hybridized carbons (Fsp3) is 0.333. The molecule has 1 heterocycles. The summed E-state index contributed by atoms with van der Waals surface area (Å²) in [5, 5.41) is 0. The van der Waals surface area contributed by atoms with E-state index >= 15 is 0 Å². The van der Waals surface area contributed by atoms with Crippen molar-refractivity contribution in [2.75, 3.05) is 13.1 Å². The van der Waals surface area contributed by atoms with Crippen molar-refractivity contribution in [2.24, 2.45) is 11.5 Å². The van der Waals surface area contributed by atoms with Gasteiger partial charge in [0.2, 0.25) is 5.91 Å². The molecule has 0 bridgehead atoms. The summed E-state index contributed by atoms with van der Waals surface area (Å²) in [6.07, 6.45) is 0.756. The summed E-state index contributed by atoms with van der Waals surface area (Å²) in [6, 6.07) is 5.19. The van der Waals surface area contributed by atoms with Gasteiger partial charge in [-0.25, -0.2) is 0 Å². The zero-order valence-electron chi connectivity index (χ0n) is 9.48. The highest BCUT2D eigenvalue weighted by molar-refractivity contribution is 6.09. The first kappa shape index (κ1) is 11.6. The van der Waals surface area contributed by atoms with Gasteiger partial charge in [0.15, 0.2) is 0 Å². The van der Waals surface area contributed by atoms with Crippen molar-refractivity contribution < 1.29 is 9.59 Å². The summed E-state index contributed by atoms with van der Waals surface area (Å²) < 4.78 is 0. The molecule has 1 aliphatic rings. The average molecular weight is 233 g/mol. The van der Waals surface area contributed by atoms with Crippen LogP contribution in [0.4, 0.5) is 0 Å². The van der Waals surface area contributed by atoms with Crippen LogP contribution in [0, 0.1) is 0 Å². The highest BCUT2D eigenvalue weighted by Gasteiger charge is 2.30. The van der Waals surface area contributed by atoms with Crippen LogP contribution in [0.25, 0.3) is 0 Å². The number of nitrogens with zero attached hydrogens (tertiary/aromatic N) is 1. The fourth-order valence-corrected chi connectivity index (χ4v) is 2.09. The summed E-state index contributed by atoms with van der Waals surface area (Å²) in [5.41, 5.74) is 12.3. The molecule has 4 N–H and O–H groups in total. The van der Waals surface area contributed by atoms with Crippen molar-refractivity contribution in [3.63, 3.8) is 0 Å². The van der Waals surface area contributed by atoms with Crippen LogP contribution in [0.3, 0.4) is 0 Å². The van der Waals surface area contributed by atoms with E-state index in [1.807, 2.05) is 6.07 Å². The maximum Gasteiger partial charge on any atom is 0.255 e. The number of primary amides is 1. The second-order valence-electron chi connectivity index (χ2n) is 4.07. The molecule has 0 radical (unpaired) electrons. The van der Waals surface area contributed by atoms with Gasteiger partial charge in [0.05, 0.1) is 11.1 Å². The second kappa shape index (κ2) is 4.55. The lowest BCUT2D eigenvalue weighted by Crippen LogP contribution is -2.27. The van der Waals surface area contributed by atoms with Crippen molar-refractivity contribution in [3.05, 3.63) is 34.9 Å². The van der Waals surface area contributed by atoms with Crippen LogP contribution in [0.2, 0.25) is 0 Å². The molecule has 5 heteroatoms. The molecular weight excluding hydrogens is 218 g/mol. The van der Waals surface area contributed by atoms with Gasteiger partial charge in [-0.2, -0.15) is 0 Å². The number of amides is 2. The highest BCUT2D eigenvalue weighted by Crippen LogP contribution is 2.25. The Balaban J connectivity index is 2.32. The minimum Gasteiger partial charge on any atom is -0.366 e. The van der Waals surface area contributed by atoms with E-state index in [1.165, 1.54) is 0 Å². The largest absolute Gasteiger partial charge is 0.366 e. The normalized spacial score (nSPS) is 13.9. The molecule has 1 aliphatic heterocycles. The van der Waals surface area contributed by atoms with Crippen LogP contribution in [0.15, 0.2) is 18.2 Å². The Labute approximate surface area is 99.4 Å². The third-order valence-corrected chi connectivity index (χ3v) is 2.91. The molecule has 2 amide bonds. The van der Waals surface area contributed by atoms with Crippen LogP contribution in [0.5, 0.6) is 0 Å². The van der Waals surface area contributed by atoms with E-state index in [4.69, 9.17) is 11.5 Å². The number of fused-ring (bicyclic) bond motifs is 1. The van der Waals surface area contributed by atoms with Gasteiger partial charge in [-0.1, -0.05) is 12.1 Å². The van der Waals surface area contributed by atoms with E-state index in [1.54, 1.807) is 17.0 Å². The van der Waals surface area contributed by atoms with Gasteiger partial charge in [0.25, 0.3) is 5.91 Å². The molecule has 0 aliphatic carbocycles. The predicted molar refractivity (Wildman–Crippen MR) is 63.4 cm³/mol. The van der Waals surface area contributed by atoms with Crippen molar-refractivity contribution >= 4 is 11.8 Å². The first-order valence-electron chi connectivity index (χ1n) is 5.56. The van der Waals surface area contributed by atoms with Gasteiger partial charge in [-0.15, -0.1) is 0 Å². The zero-order chi connectivity index (χ0) is 12.4. The lowest BCUT2D eigenvalue weighted by atomic mass is 10.0. The summed E-state index contributed by atoms with van der Waals surface area (Å²) in [5.74, 6) is -0.682. The molecule has 0 fully saturated rings. The van der Waals surface area contributed by atoms with Gasteiger partial charge in [0.1, 0.15) is 0 Å². The van der Waals surface area contributed by atoms with E-state index in [0.29, 0.717) is 30.8 Å². The summed E-state index contributed by atoms with van der Waals surface area (Å²) in [4.78, 5) is 25.1. The quantitative estimate of drug-likeness (QED) is 0.772. The molecule has 1 aromatic rings. The molecule has 0 spiro atoms. The molecule has 0 atom stereocenters. The number of hydrogen-bond donors (Lipinski definition) is 2. The monoisotopic (exact) mass is 233 g/mol. The molecule has 0 saturated heterocycles. The highest BCUT2D eigenvalue weighted by atomic mass is 16.2. The van der Waals surface area contributed by atoms with Gasteiger partial charge in [0, 0.05) is 13.1 Å². The third-order valence-electron chi connectivity index (χ3n) is 2.91. The number of rotatable bonds is 4. The molecule has 0 saturated carbocycles. The Morgan fingerprint density at radius 3 is 2.82 bits per heavy atom. The van der Waals surface area contributed by atoms with Gasteiger partial charge in [-0.3, -0.25) is 9.59 Å². The summed E-state index contributed by atoms with van der Waals surface area (Å²) in [7, 11) is 0. The van der Waals surface area contributed by atoms with E-state index in [-0.39, 0.29) is 5.91 Å². The molecule has 1 aromatic carbocycles. The number of hydrogen-bond acceptors (Lipinski definition) is 3. The van der Waals surface area contributed by atoms with Crippen molar-refractivity contribution in [1.82, 2.24) is 4.90 Å². The predicted octanol–water partition coefficient (Wildman–Crippen LogP) is 0.0901. The third kappa shape index (κ3) is 2.01. The number of nitrogens with two attached hydrogens (primary N) is 2. The van der Waals surface area contributed by atoms with E-state index in [0.717, 1.165) is 12.0 Å². The number of carbonyl (C=O) groups excluding carboxylic acids is 2. The van der Waals surface area contributed by atoms with Crippen molar-refractivity contribution in [3.8, 4) is 0 Å². The van der Waals surface area contributed by atoms with Crippen LogP contribution in [-0.4, -0.2) is 29.8 Å². The molecule has 5 nitrogen and oxygen atoms in total. The molecular formula is C12H15N3O2. The Morgan fingerprint density at radius 1 is 1.41 bits per heavy atom. The Kier molecular flexibility index (Phi) is 3.10. The average Bonchev–Trinajstić information content (AvgIpc) is 2.63. The van der Waals surface area contributed by atoms with Crippen LogP contribution >= 0.6 is 0 Å². The Bertz CT molecular complexity index is 471. The topological polar surface area (TPSA) is 89.4 Å². The van der Waals surface area contributed by atoms with Crippen LogP contribution in [0.1, 0.15) is 32.7 Å². The summed E-state index contributed by atoms with van der Waals surface area (Å²) >= 11 is 0. The van der Waals surface area contributed by atoms with Crippen LogP contribution < -0.4 is 11.5 Å². The lowest BCUT2D eigenvalue weighted by molar-refractivity contribution is 0.0773. The molecule has 2 rings (SSSR count). The van der Waals surface area contributed by atoms with Gasteiger partial charge in [-0.05, 0) is 24.6 Å². The number of benzene rings is 1. The first-order valence-corrected chi connectivity index (χ1v) is 5.56. The van der Waals surface area contributed by atoms with Crippen molar-refractivity contribution in [2.45, 2.75) is 13.0 Å². The van der Waals surface area contributed by atoms with Crippen molar-refractivity contribution in [1.29, 1.82) is 0 Å². The maximum absolute atomic E-state index is 12.1. The molecule has 17 heavy (non-hydrogen) atoms. The summed E-state index contributed by atoms with van der Waals surface area (Å²) in [6.45, 7) is 1.69. The van der Waals surface area contributed by atoms with E-state index in [2.05, 4.69) is 0 Å². The standard InChI is InChI=1S/C12H15N3O2/c13-5-2-6-15-7-8-3-1-4-9(11(14)16)10(8)12(15)17/h1,3-4H,2,5-7,13H2,(H2,14,16). The molecule has 0 aromatic heterocycles. The van der Waals surface area contributed by atoms with Crippen LogP contribution in [-0.2, 0) is 6.54 Å².